The number of rotatable bonds is 3. The SMILES string of the molecule is COc1ccc2nc(Nc3ccc(Cl)cc3F)sc2c1. The summed E-state index contributed by atoms with van der Waals surface area (Å²) in [7, 11) is 1.62. The van der Waals surface area contributed by atoms with Crippen molar-refractivity contribution < 1.29 is 9.13 Å². The van der Waals surface area contributed by atoms with Gasteiger partial charge in [-0.1, -0.05) is 22.9 Å². The van der Waals surface area contributed by atoms with Crippen molar-refractivity contribution in [1.29, 1.82) is 0 Å². The molecule has 0 spiro atoms. The first kappa shape index (κ1) is 13.1. The Labute approximate surface area is 124 Å². The predicted octanol–water partition coefficient (Wildman–Crippen LogP) is 4.84. The maximum Gasteiger partial charge on any atom is 0.188 e. The Bertz CT molecular complexity index is 775. The Morgan fingerprint density at radius 2 is 2.10 bits per heavy atom. The predicted molar refractivity (Wildman–Crippen MR) is 80.9 cm³/mol. The van der Waals surface area contributed by atoms with Gasteiger partial charge >= 0.3 is 0 Å². The Hall–Kier alpha value is -1.85. The van der Waals surface area contributed by atoms with E-state index < -0.39 is 5.82 Å². The molecule has 1 aromatic heterocycles. The molecule has 0 aliphatic rings. The Morgan fingerprint density at radius 3 is 2.85 bits per heavy atom. The van der Waals surface area contributed by atoms with E-state index in [9.17, 15) is 4.39 Å². The Morgan fingerprint density at radius 1 is 1.25 bits per heavy atom. The monoisotopic (exact) mass is 308 g/mol. The van der Waals surface area contributed by atoms with Gasteiger partial charge in [-0.2, -0.15) is 0 Å². The van der Waals surface area contributed by atoms with E-state index in [0.29, 0.717) is 15.8 Å². The lowest BCUT2D eigenvalue weighted by atomic mass is 10.3. The number of nitrogens with zero attached hydrogens (tertiary/aromatic N) is 1. The lowest BCUT2D eigenvalue weighted by Crippen LogP contribution is -1.92. The highest BCUT2D eigenvalue weighted by Crippen LogP contribution is 2.31. The van der Waals surface area contributed by atoms with Crippen LogP contribution in [0, 0.1) is 5.82 Å². The van der Waals surface area contributed by atoms with Crippen LogP contribution in [0.4, 0.5) is 15.2 Å². The van der Waals surface area contributed by atoms with E-state index in [1.54, 1.807) is 19.2 Å². The van der Waals surface area contributed by atoms with E-state index in [0.717, 1.165) is 16.0 Å². The van der Waals surface area contributed by atoms with Gasteiger partial charge in [0, 0.05) is 5.02 Å². The van der Waals surface area contributed by atoms with E-state index in [-0.39, 0.29) is 0 Å². The molecule has 1 N–H and O–H groups in total. The van der Waals surface area contributed by atoms with Crippen molar-refractivity contribution in [1.82, 2.24) is 4.98 Å². The second-order valence-electron chi connectivity index (χ2n) is 4.10. The van der Waals surface area contributed by atoms with Gasteiger partial charge in [-0.25, -0.2) is 9.37 Å². The van der Waals surface area contributed by atoms with E-state index in [2.05, 4.69) is 10.3 Å². The highest BCUT2D eigenvalue weighted by Gasteiger charge is 2.08. The number of ether oxygens (including phenoxy) is 1. The van der Waals surface area contributed by atoms with Gasteiger partial charge in [0.25, 0.3) is 0 Å². The lowest BCUT2D eigenvalue weighted by Gasteiger charge is -2.03. The summed E-state index contributed by atoms with van der Waals surface area (Å²) in [5, 5.41) is 3.94. The molecule has 0 saturated heterocycles. The number of anilines is 2. The molecule has 0 saturated carbocycles. The van der Waals surface area contributed by atoms with Crippen LogP contribution in [0.2, 0.25) is 5.02 Å². The molecule has 0 bridgehead atoms. The molecular weight excluding hydrogens is 299 g/mol. The van der Waals surface area contributed by atoms with Crippen molar-refractivity contribution in [3.05, 3.63) is 47.2 Å². The van der Waals surface area contributed by atoms with E-state index in [1.807, 2.05) is 18.2 Å². The molecule has 0 radical (unpaired) electrons. The summed E-state index contributed by atoms with van der Waals surface area (Å²) < 4.78 is 19.9. The summed E-state index contributed by atoms with van der Waals surface area (Å²) in [4.78, 5) is 4.40. The average molecular weight is 309 g/mol. The normalized spacial score (nSPS) is 10.8. The fraction of sp³-hybridized carbons (Fsp3) is 0.0714. The first-order valence-electron chi connectivity index (χ1n) is 5.82. The lowest BCUT2D eigenvalue weighted by molar-refractivity contribution is 0.415. The van der Waals surface area contributed by atoms with E-state index in [1.165, 1.54) is 17.4 Å². The molecule has 0 atom stereocenters. The number of fused-ring (bicyclic) bond motifs is 1. The van der Waals surface area contributed by atoms with Gasteiger partial charge in [0.1, 0.15) is 11.6 Å². The zero-order valence-corrected chi connectivity index (χ0v) is 12.1. The first-order valence-corrected chi connectivity index (χ1v) is 7.02. The number of halogens is 2. The molecular formula is C14H10ClFN2OS. The summed E-state index contributed by atoms with van der Waals surface area (Å²) in [5.74, 6) is 0.361. The molecule has 2 aromatic carbocycles. The smallest absolute Gasteiger partial charge is 0.188 e. The topological polar surface area (TPSA) is 34.1 Å². The van der Waals surface area contributed by atoms with Crippen molar-refractivity contribution >= 4 is 44.0 Å². The highest BCUT2D eigenvalue weighted by molar-refractivity contribution is 7.22. The maximum absolute atomic E-state index is 13.7. The molecule has 0 fully saturated rings. The minimum absolute atomic E-state index is 0.348. The summed E-state index contributed by atoms with van der Waals surface area (Å²) in [6.07, 6.45) is 0. The standard InChI is InChI=1S/C14H10ClFN2OS/c1-19-9-3-5-12-13(7-9)20-14(18-12)17-11-4-2-8(15)6-10(11)16/h2-7H,1H3,(H,17,18). The number of hydrogen-bond acceptors (Lipinski definition) is 4. The van der Waals surface area contributed by atoms with Crippen LogP contribution in [-0.2, 0) is 0 Å². The molecule has 3 aromatic rings. The fourth-order valence-electron chi connectivity index (χ4n) is 1.79. The second-order valence-corrected chi connectivity index (χ2v) is 5.57. The van der Waals surface area contributed by atoms with Crippen LogP contribution in [-0.4, -0.2) is 12.1 Å². The third kappa shape index (κ3) is 2.55. The molecule has 0 amide bonds. The number of benzene rings is 2. The number of hydrogen-bond donors (Lipinski definition) is 1. The van der Waals surface area contributed by atoms with Crippen LogP contribution in [0.3, 0.4) is 0 Å². The second kappa shape index (κ2) is 5.26. The van der Waals surface area contributed by atoms with Crippen molar-refractivity contribution in [2.24, 2.45) is 0 Å². The van der Waals surface area contributed by atoms with Crippen molar-refractivity contribution in [3.8, 4) is 5.75 Å². The highest BCUT2D eigenvalue weighted by atomic mass is 35.5. The van der Waals surface area contributed by atoms with Gasteiger partial charge in [0.2, 0.25) is 0 Å². The van der Waals surface area contributed by atoms with Gasteiger partial charge in [-0.3, -0.25) is 0 Å². The first-order chi connectivity index (χ1) is 9.65. The molecule has 3 nitrogen and oxygen atoms in total. The van der Waals surface area contributed by atoms with Crippen LogP contribution in [0.15, 0.2) is 36.4 Å². The summed E-state index contributed by atoms with van der Waals surface area (Å²) >= 11 is 7.16. The molecule has 102 valence electrons. The summed E-state index contributed by atoms with van der Waals surface area (Å²) in [5.41, 5.74) is 1.19. The van der Waals surface area contributed by atoms with Crippen LogP contribution < -0.4 is 10.1 Å². The molecule has 0 aliphatic carbocycles. The van der Waals surface area contributed by atoms with Crippen LogP contribution in [0.1, 0.15) is 0 Å². The van der Waals surface area contributed by atoms with E-state index >= 15 is 0 Å². The maximum atomic E-state index is 13.7. The third-order valence-corrected chi connectivity index (χ3v) is 3.94. The third-order valence-electron chi connectivity index (χ3n) is 2.77. The van der Waals surface area contributed by atoms with Crippen LogP contribution in [0.25, 0.3) is 10.2 Å². The van der Waals surface area contributed by atoms with Crippen molar-refractivity contribution in [3.63, 3.8) is 0 Å². The molecule has 20 heavy (non-hydrogen) atoms. The molecule has 0 aliphatic heterocycles. The van der Waals surface area contributed by atoms with Gasteiger partial charge in [-0.05, 0) is 36.4 Å². The minimum atomic E-state index is -0.408. The number of aromatic nitrogens is 1. The zero-order valence-electron chi connectivity index (χ0n) is 10.5. The molecule has 6 heteroatoms. The van der Waals surface area contributed by atoms with Crippen LogP contribution in [0.5, 0.6) is 5.75 Å². The number of nitrogens with one attached hydrogen (secondary N) is 1. The van der Waals surface area contributed by atoms with Gasteiger partial charge in [0.15, 0.2) is 5.13 Å². The fourth-order valence-corrected chi connectivity index (χ4v) is 2.86. The number of methoxy groups -OCH3 is 1. The average Bonchev–Trinajstić information content (AvgIpc) is 2.83. The molecule has 0 unspecified atom stereocenters. The quantitative estimate of drug-likeness (QED) is 0.751. The molecule has 3 rings (SSSR count). The zero-order chi connectivity index (χ0) is 14.1. The van der Waals surface area contributed by atoms with Gasteiger partial charge in [0.05, 0.1) is 23.0 Å². The minimum Gasteiger partial charge on any atom is -0.497 e. The largest absolute Gasteiger partial charge is 0.497 e. The van der Waals surface area contributed by atoms with Gasteiger partial charge < -0.3 is 10.1 Å². The summed E-state index contributed by atoms with van der Waals surface area (Å²) in [6, 6.07) is 10.1. The van der Waals surface area contributed by atoms with Crippen LogP contribution >= 0.6 is 22.9 Å². The van der Waals surface area contributed by atoms with Crippen molar-refractivity contribution in [2.45, 2.75) is 0 Å². The molecule has 1 heterocycles. The van der Waals surface area contributed by atoms with Crippen molar-refractivity contribution in [2.75, 3.05) is 12.4 Å². The van der Waals surface area contributed by atoms with Gasteiger partial charge in [-0.15, -0.1) is 0 Å². The Balaban J connectivity index is 1.94. The number of thiazole rings is 1. The Kier molecular flexibility index (Phi) is 3.46. The van der Waals surface area contributed by atoms with E-state index in [4.69, 9.17) is 16.3 Å². The summed E-state index contributed by atoms with van der Waals surface area (Å²) in [6.45, 7) is 0.